The van der Waals surface area contributed by atoms with Crippen molar-refractivity contribution in [1.29, 1.82) is 0 Å². The number of Topliss-reactive ketones (excluding diaryl/α,β-unsaturated/α-hetero) is 1. The van der Waals surface area contributed by atoms with Crippen molar-refractivity contribution in [1.82, 2.24) is 0 Å². The van der Waals surface area contributed by atoms with Crippen LogP contribution in [0, 0.1) is 6.92 Å². The zero-order chi connectivity index (χ0) is 12.7. The largest absolute Gasteiger partial charge is 0.293 e. The van der Waals surface area contributed by atoms with Crippen LogP contribution in [0.4, 0.5) is 0 Å². The molecule has 94 valence electrons. The minimum Gasteiger partial charge on any atom is -0.293 e. The lowest BCUT2D eigenvalue weighted by atomic mass is 10.1. The van der Waals surface area contributed by atoms with E-state index in [0.717, 1.165) is 24.8 Å². The van der Waals surface area contributed by atoms with Crippen LogP contribution in [0.15, 0.2) is 24.3 Å². The molecule has 0 amide bonds. The Kier molecular flexibility index (Phi) is 6.12. The molecule has 0 radical (unpaired) electrons. The Labute approximate surface area is 106 Å². The van der Waals surface area contributed by atoms with E-state index in [-0.39, 0.29) is 11.5 Å². The number of ketones is 1. The van der Waals surface area contributed by atoms with Gasteiger partial charge in [0.1, 0.15) is 0 Å². The Morgan fingerprint density at radius 3 is 2.71 bits per heavy atom. The van der Waals surface area contributed by atoms with Gasteiger partial charge < -0.3 is 0 Å². The van der Waals surface area contributed by atoms with Gasteiger partial charge >= 0.3 is 0 Å². The van der Waals surface area contributed by atoms with Crippen LogP contribution in [0.25, 0.3) is 0 Å². The topological polar surface area (TPSA) is 34.1 Å². The molecular weight excluding hydrogens is 232 g/mol. The molecule has 0 bridgehead atoms. The van der Waals surface area contributed by atoms with Crippen LogP contribution in [0.3, 0.4) is 0 Å². The molecule has 0 N–H and O–H groups in total. The lowest BCUT2D eigenvalue weighted by Crippen LogP contribution is -2.13. The maximum atomic E-state index is 11.8. The van der Waals surface area contributed by atoms with E-state index in [1.54, 1.807) is 6.07 Å². The van der Waals surface area contributed by atoms with E-state index in [9.17, 15) is 9.00 Å². The van der Waals surface area contributed by atoms with Crippen molar-refractivity contribution >= 4 is 16.6 Å². The van der Waals surface area contributed by atoms with E-state index in [1.165, 1.54) is 0 Å². The summed E-state index contributed by atoms with van der Waals surface area (Å²) in [6.45, 7) is 4.07. The number of hydrogen-bond donors (Lipinski definition) is 0. The van der Waals surface area contributed by atoms with E-state index in [2.05, 4.69) is 6.92 Å². The molecule has 0 spiro atoms. The summed E-state index contributed by atoms with van der Waals surface area (Å²) in [7, 11) is -1.01. The summed E-state index contributed by atoms with van der Waals surface area (Å²) in [5.74, 6) is 0.794. The van der Waals surface area contributed by atoms with E-state index < -0.39 is 10.8 Å². The van der Waals surface area contributed by atoms with Crippen molar-refractivity contribution < 1.29 is 9.00 Å². The van der Waals surface area contributed by atoms with Gasteiger partial charge in [-0.25, -0.2) is 0 Å². The average molecular weight is 252 g/mol. The number of rotatable bonds is 7. The molecule has 2 nitrogen and oxygen atoms in total. The molecule has 17 heavy (non-hydrogen) atoms. The predicted octanol–water partition coefficient (Wildman–Crippen LogP) is 3.12. The minimum absolute atomic E-state index is 0.0106. The van der Waals surface area contributed by atoms with E-state index in [1.807, 2.05) is 25.1 Å². The number of carbonyl (C=O) groups is 1. The van der Waals surface area contributed by atoms with Crippen LogP contribution >= 0.6 is 0 Å². The summed E-state index contributed by atoms with van der Waals surface area (Å²) >= 11 is 0. The van der Waals surface area contributed by atoms with Crippen LogP contribution in [0.5, 0.6) is 0 Å². The van der Waals surface area contributed by atoms with Gasteiger partial charge in [0.15, 0.2) is 5.78 Å². The lowest BCUT2D eigenvalue weighted by Gasteiger charge is -2.03. The number of benzene rings is 1. The monoisotopic (exact) mass is 252 g/mol. The molecule has 0 aliphatic heterocycles. The molecule has 3 heteroatoms. The zero-order valence-electron chi connectivity index (χ0n) is 10.6. The summed E-state index contributed by atoms with van der Waals surface area (Å²) < 4.78 is 11.7. The summed E-state index contributed by atoms with van der Waals surface area (Å²) in [4.78, 5) is 11.8. The SMILES string of the molecule is CCCCCS(=O)CC(=O)c1cccc(C)c1. The second-order valence-electron chi connectivity index (χ2n) is 4.29. The van der Waals surface area contributed by atoms with Crippen molar-refractivity contribution in [3.8, 4) is 0 Å². The fourth-order valence-electron chi connectivity index (χ4n) is 1.63. The predicted molar refractivity (Wildman–Crippen MR) is 72.9 cm³/mol. The molecule has 0 heterocycles. The highest BCUT2D eigenvalue weighted by molar-refractivity contribution is 7.85. The van der Waals surface area contributed by atoms with E-state index in [0.29, 0.717) is 11.3 Å². The number of unbranched alkanes of at least 4 members (excludes halogenated alkanes) is 2. The van der Waals surface area contributed by atoms with Gasteiger partial charge in [-0.3, -0.25) is 9.00 Å². The third-order valence-corrected chi connectivity index (χ3v) is 3.94. The van der Waals surface area contributed by atoms with Crippen LogP contribution in [0.2, 0.25) is 0 Å². The summed E-state index contributed by atoms with van der Waals surface area (Å²) in [6, 6.07) is 7.46. The molecule has 0 fully saturated rings. The van der Waals surface area contributed by atoms with E-state index >= 15 is 0 Å². The molecule has 1 aromatic carbocycles. The molecular formula is C14H20O2S. The second-order valence-corrected chi connectivity index (χ2v) is 5.86. The highest BCUT2D eigenvalue weighted by atomic mass is 32.2. The maximum absolute atomic E-state index is 11.8. The zero-order valence-corrected chi connectivity index (χ0v) is 11.4. The number of aryl methyl sites for hydroxylation is 1. The standard InChI is InChI=1S/C14H20O2S/c1-3-4-5-9-17(16)11-14(15)13-8-6-7-12(2)10-13/h6-8,10H,3-5,9,11H2,1-2H3. The first-order valence-electron chi connectivity index (χ1n) is 6.08. The quantitative estimate of drug-likeness (QED) is 0.552. The molecule has 0 saturated carbocycles. The van der Waals surface area contributed by atoms with Crippen molar-refractivity contribution in [3.05, 3.63) is 35.4 Å². The van der Waals surface area contributed by atoms with Gasteiger partial charge in [0, 0.05) is 22.1 Å². The van der Waals surface area contributed by atoms with Crippen LogP contribution in [0.1, 0.15) is 42.1 Å². The van der Waals surface area contributed by atoms with E-state index in [4.69, 9.17) is 0 Å². The van der Waals surface area contributed by atoms with Crippen LogP contribution in [-0.2, 0) is 10.8 Å². The molecule has 1 aromatic rings. The maximum Gasteiger partial charge on any atom is 0.175 e. The second kappa shape index (κ2) is 7.38. The van der Waals surface area contributed by atoms with Crippen molar-refractivity contribution in [3.63, 3.8) is 0 Å². The number of hydrogen-bond acceptors (Lipinski definition) is 2. The molecule has 0 aliphatic carbocycles. The Morgan fingerprint density at radius 1 is 1.29 bits per heavy atom. The van der Waals surface area contributed by atoms with Gasteiger partial charge in [0.05, 0.1) is 5.75 Å². The first kappa shape index (κ1) is 14.1. The first-order chi connectivity index (χ1) is 8.13. The third kappa shape index (κ3) is 5.26. The summed E-state index contributed by atoms with van der Waals surface area (Å²) in [5, 5.41) is 0. The fourth-order valence-corrected chi connectivity index (χ4v) is 2.76. The van der Waals surface area contributed by atoms with Gasteiger partial charge in [-0.2, -0.15) is 0 Å². The molecule has 0 aromatic heterocycles. The molecule has 1 rings (SSSR count). The highest BCUT2D eigenvalue weighted by Gasteiger charge is 2.10. The normalized spacial score (nSPS) is 12.4. The molecule has 0 saturated heterocycles. The van der Waals surface area contributed by atoms with Gasteiger partial charge in [-0.1, -0.05) is 43.5 Å². The Balaban J connectivity index is 2.46. The Bertz CT molecular complexity index is 399. The smallest absolute Gasteiger partial charge is 0.175 e. The lowest BCUT2D eigenvalue weighted by molar-refractivity contribution is 0.102. The highest BCUT2D eigenvalue weighted by Crippen LogP contribution is 2.06. The Morgan fingerprint density at radius 2 is 2.06 bits per heavy atom. The van der Waals surface area contributed by atoms with Crippen molar-refractivity contribution in [2.45, 2.75) is 33.1 Å². The Hall–Kier alpha value is -0.960. The third-order valence-electron chi connectivity index (χ3n) is 2.61. The van der Waals surface area contributed by atoms with Gasteiger partial charge in [-0.05, 0) is 19.4 Å². The summed E-state index contributed by atoms with van der Waals surface area (Å²) in [5.41, 5.74) is 1.74. The van der Waals surface area contributed by atoms with Crippen LogP contribution < -0.4 is 0 Å². The molecule has 1 unspecified atom stereocenters. The molecule has 0 aliphatic rings. The van der Waals surface area contributed by atoms with Gasteiger partial charge in [0.25, 0.3) is 0 Å². The van der Waals surface area contributed by atoms with Gasteiger partial charge in [-0.15, -0.1) is 0 Å². The summed E-state index contributed by atoms with van der Waals surface area (Å²) in [6.07, 6.45) is 3.15. The number of carbonyl (C=O) groups excluding carboxylic acids is 1. The van der Waals surface area contributed by atoms with Gasteiger partial charge in [0.2, 0.25) is 0 Å². The van der Waals surface area contributed by atoms with Crippen molar-refractivity contribution in [2.75, 3.05) is 11.5 Å². The average Bonchev–Trinajstić information content (AvgIpc) is 2.29. The fraction of sp³-hybridized carbons (Fsp3) is 0.500. The molecule has 1 atom stereocenters. The first-order valence-corrected chi connectivity index (χ1v) is 7.57. The van der Waals surface area contributed by atoms with Crippen molar-refractivity contribution in [2.24, 2.45) is 0 Å². The minimum atomic E-state index is -1.01. The van der Waals surface area contributed by atoms with Crippen LogP contribution in [-0.4, -0.2) is 21.5 Å².